The van der Waals surface area contributed by atoms with E-state index in [2.05, 4.69) is 0 Å². The maximum Gasteiger partial charge on any atom is 0.328 e. The first kappa shape index (κ1) is 12.5. The SMILES string of the molecule is CCOc1ccc(C(N)(CC)C(=O)O)cc1. The lowest BCUT2D eigenvalue weighted by molar-refractivity contribution is -0.143. The quantitative estimate of drug-likeness (QED) is 0.797. The van der Waals surface area contributed by atoms with E-state index in [1.54, 1.807) is 31.2 Å². The topological polar surface area (TPSA) is 72.5 Å². The second kappa shape index (κ2) is 4.99. The fourth-order valence-corrected chi connectivity index (χ4v) is 1.49. The number of carboxylic acid groups (broad SMARTS) is 1. The first-order chi connectivity index (χ1) is 7.54. The van der Waals surface area contributed by atoms with Crippen molar-refractivity contribution >= 4 is 5.97 Å². The van der Waals surface area contributed by atoms with Crippen LogP contribution >= 0.6 is 0 Å². The zero-order chi connectivity index (χ0) is 12.2. The Hall–Kier alpha value is -1.55. The molecule has 0 aliphatic rings. The molecule has 1 atom stereocenters. The van der Waals surface area contributed by atoms with Gasteiger partial charge in [-0.1, -0.05) is 19.1 Å². The maximum atomic E-state index is 11.1. The van der Waals surface area contributed by atoms with Gasteiger partial charge in [-0.05, 0) is 31.0 Å². The van der Waals surface area contributed by atoms with Gasteiger partial charge < -0.3 is 15.6 Å². The van der Waals surface area contributed by atoms with E-state index in [1.807, 2.05) is 6.92 Å². The van der Waals surface area contributed by atoms with Crippen molar-refractivity contribution in [3.05, 3.63) is 29.8 Å². The third kappa shape index (κ3) is 2.33. The van der Waals surface area contributed by atoms with Crippen LogP contribution in [0.2, 0.25) is 0 Å². The van der Waals surface area contributed by atoms with Gasteiger partial charge in [0.15, 0.2) is 0 Å². The van der Waals surface area contributed by atoms with Gasteiger partial charge in [0.25, 0.3) is 0 Å². The van der Waals surface area contributed by atoms with Crippen LogP contribution in [0.1, 0.15) is 25.8 Å². The van der Waals surface area contributed by atoms with Gasteiger partial charge in [-0.15, -0.1) is 0 Å². The van der Waals surface area contributed by atoms with Crippen molar-refractivity contribution in [2.24, 2.45) is 5.73 Å². The van der Waals surface area contributed by atoms with Gasteiger partial charge in [0.05, 0.1) is 6.61 Å². The molecule has 0 bridgehead atoms. The molecule has 0 aromatic heterocycles. The minimum Gasteiger partial charge on any atom is -0.494 e. The number of hydrogen-bond donors (Lipinski definition) is 2. The van der Waals surface area contributed by atoms with Crippen molar-refractivity contribution in [3.8, 4) is 5.75 Å². The molecular weight excluding hydrogens is 206 g/mol. The van der Waals surface area contributed by atoms with Crippen molar-refractivity contribution in [1.82, 2.24) is 0 Å². The number of aliphatic carboxylic acids is 1. The summed E-state index contributed by atoms with van der Waals surface area (Å²) in [4.78, 5) is 11.1. The van der Waals surface area contributed by atoms with Crippen molar-refractivity contribution in [2.75, 3.05) is 6.61 Å². The van der Waals surface area contributed by atoms with Crippen molar-refractivity contribution < 1.29 is 14.6 Å². The summed E-state index contributed by atoms with van der Waals surface area (Å²) in [6, 6.07) is 6.86. The summed E-state index contributed by atoms with van der Waals surface area (Å²) in [7, 11) is 0. The molecule has 0 fully saturated rings. The van der Waals surface area contributed by atoms with Crippen molar-refractivity contribution in [2.45, 2.75) is 25.8 Å². The largest absolute Gasteiger partial charge is 0.494 e. The Morgan fingerprint density at radius 1 is 1.38 bits per heavy atom. The number of ether oxygens (including phenoxy) is 1. The van der Waals surface area contributed by atoms with Crippen LogP contribution < -0.4 is 10.5 Å². The van der Waals surface area contributed by atoms with E-state index in [4.69, 9.17) is 15.6 Å². The first-order valence-electron chi connectivity index (χ1n) is 5.30. The van der Waals surface area contributed by atoms with Gasteiger partial charge in [-0.25, -0.2) is 4.79 Å². The zero-order valence-corrected chi connectivity index (χ0v) is 9.56. The molecule has 1 aromatic rings. The molecule has 3 N–H and O–H groups in total. The molecule has 16 heavy (non-hydrogen) atoms. The predicted molar refractivity (Wildman–Crippen MR) is 61.4 cm³/mol. The molecule has 0 aliphatic carbocycles. The lowest BCUT2D eigenvalue weighted by Crippen LogP contribution is -2.44. The molecule has 1 rings (SSSR count). The number of hydrogen-bond acceptors (Lipinski definition) is 3. The third-order valence-corrected chi connectivity index (χ3v) is 2.62. The summed E-state index contributed by atoms with van der Waals surface area (Å²) >= 11 is 0. The highest BCUT2D eigenvalue weighted by Crippen LogP contribution is 2.24. The van der Waals surface area contributed by atoms with E-state index in [-0.39, 0.29) is 0 Å². The van der Waals surface area contributed by atoms with Gasteiger partial charge in [-0.2, -0.15) is 0 Å². The van der Waals surface area contributed by atoms with E-state index in [1.165, 1.54) is 0 Å². The standard InChI is InChI=1S/C12H17NO3/c1-3-12(13,11(14)15)9-5-7-10(8-6-9)16-4-2/h5-8H,3-4,13H2,1-2H3,(H,14,15). The average Bonchev–Trinajstić information content (AvgIpc) is 2.29. The van der Waals surface area contributed by atoms with Crippen LogP contribution in [0, 0.1) is 0 Å². The van der Waals surface area contributed by atoms with Crippen LogP contribution in [-0.4, -0.2) is 17.7 Å². The monoisotopic (exact) mass is 223 g/mol. The van der Waals surface area contributed by atoms with Gasteiger partial charge in [0.1, 0.15) is 11.3 Å². The maximum absolute atomic E-state index is 11.1. The summed E-state index contributed by atoms with van der Waals surface area (Å²) in [6.45, 7) is 4.23. The molecule has 0 saturated heterocycles. The molecule has 4 nitrogen and oxygen atoms in total. The Morgan fingerprint density at radius 3 is 2.31 bits per heavy atom. The number of nitrogens with two attached hydrogens (primary N) is 1. The van der Waals surface area contributed by atoms with Gasteiger partial charge in [0, 0.05) is 0 Å². The number of benzene rings is 1. The first-order valence-corrected chi connectivity index (χ1v) is 5.30. The van der Waals surface area contributed by atoms with Crippen LogP contribution in [0.25, 0.3) is 0 Å². The summed E-state index contributed by atoms with van der Waals surface area (Å²) in [5, 5.41) is 9.10. The van der Waals surface area contributed by atoms with E-state index < -0.39 is 11.5 Å². The number of carboxylic acids is 1. The summed E-state index contributed by atoms with van der Waals surface area (Å²) < 4.78 is 5.28. The van der Waals surface area contributed by atoms with Crippen LogP contribution in [-0.2, 0) is 10.3 Å². The molecule has 0 radical (unpaired) electrons. The van der Waals surface area contributed by atoms with E-state index in [0.717, 1.165) is 5.75 Å². The number of rotatable bonds is 5. The molecule has 0 saturated carbocycles. The summed E-state index contributed by atoms with van der Waals surface area (Å²) in [5.41, 5.74) is 5.12. The third-order valence-electron chi connectivity index (χ3n) is 2.62. The lowest BCUT2D eigenvalue weighted by atomic mass is 9.88. The Balaban J connectivity index is 2.99. The number of carbonyl (C=O) groups is 1. The second-order valence-corrected chi connectivity index (χ2v) is 3.59. The Bertz CT molecular complexity index is 361. The Labute approximate surface area is 95.0 Å². The van der Waals surface area contributed by atoms with Crippen molar-refractivity contribution in [1.29, 1.82) is 0 Å². The second-order valence-electron chi connectivity index (χ2n) is 3.59. The van der Waals surface area contributed by atoms with Crippen LogP contribution in [0.15, 0.2) is 24.3 Å². The van der Waals surface area contributed by atoms with Crippen molar-refractivity contribution in [3.63, 3.8) is 0 Å². The summed E-state index contributed by atoms with van der Waals surface area (Å²) in [6.07, 6.45) is 0.344. The minimum absolute atomic E-state index is 0.344. The predicted octanol–water partition coefficient (Wildman–Crippen LogP) is 1.73. The highest BCUT2D eigenvalue weighted by Gasteiger charge is 2.33. The van der Waals surface area contributed by atoms with Crippen LogP contribution in [0.5, 0.6) is 5.75 Å². The highest BCUT2D eigenvalue weighted by molar-refractivity contribution is 5.80. The van der Waals surface area contributed by atoms with Gasteiger partial charge in [-0.3, -0.25) is 0 Å². The highest BCUT2D eigenvalue weighted by atomic mass is 16.5. The smallest absolute Gasteiger partial charge is 0.328 e. The zero-order valence-electron chi connectivity index (χ0n) is 9.56. The lowest BCUT2D eigenvalue weighted by Gasteiger charge is -2.23. The van der Waals surface area contributed by atoms with E-state index >= 15 is 0 Å². The fourth-order valence-electron chi connectivity index (χ4n) is 1.49. The normalized spacial score (nSPS) is 14.2. The van der Waals surface area contributed by atoms with Gasteiger partial charge >= 0.3 is 5.97 Å². The van der Waals surface area contributed by atoms with Gasteiger partial charge in [0.2, 0.25) is 0 Å². The van der Waals surface area contributed by atoms with Crippen LogP contribution in [0.3, 0.4) is 0 Å². The molecule has 0 amide bonds. The summed E-state index contributed by atoms with van der Waals surface area (Å²) in [5.74, 6) is -0.297. The van der Waals surface area contributed by atoms with E-state index in [0.29, 0.717) is 18.6 Å². The molecule has 88 valence electrons. The molecule has 0 aliphatic heterocycles. The molecule has 1 aromatic carbocycles. The average molecular weight is 223 g/mol. The molecule has 4 heteroatoms. The minimum atomic E-state index is -1.31. The molecule has 0 spiro atoms. The van der Waals surface area contributed by atoms with E-state index in [9.17, 15) is 4.79 Å². The van der Waals surface area contributed by atoms with Crippen LogP contribution in [0.4, 0.5) is 0 Å². The molecule has 1 unspecified atom stereocenters. The Morgan fingerprint density at radius 2 is 1.94 bits per heavy atom. The fraction of sp³-hybridized carbons (Fsp3) is 0.417. The molecule has 0 heterocycles. The molecular formula is C12H17NO3. The Kier molecular flexibility index (Phi) is 3.90.